The van der Waals surface area contributed by atoms with Gasteiger partial charge in [-0.15, -0.1) is 0 Å². The second-order valence-corrected chi connectivity index (χ2v) is 4.74. The van der Waals surface area contributed by atoms with Gasteiger partial charge in [-0.1, -0.05) is 25.0 Å². The summed E-state index contributed by atoms with van der Waals surface area (Å²) in [5.41, 5.74) is 0.0509. The minimum Gasteiger partial charge on any atom is -0.481 e. The largest absolute Gasteiger partial charge is 0.481 e. The third-order valence-electron chi connectivity index (χ3n) is 3.00. The predicted molar refractivity (Wildman–Crippen MR) is 74.5 cm³/mol. The highest BCUT2D eigenvalue weighted by Crippen LogP contribution is 2.19. The van der Waals surface area contributed by atoms with E-state index in [1.165, 1.54) is 24.3 Å². The van der Waals surface area contributed by atoms with Gasteiger partial charge in [0.1, 0.15) is 0 Å². The van der Waals surface area contributed by atoms with Gasteiger partial charge in [-0.2, -0.15) is 0 Å². The fourth-order valence-electron chi connectivity index (χ4n) is 1.87. The van der Waals surface area contributed by atoms with Crippen LogP contribution in [0, 0.1) is 0 Å². The van der Waals surface area contributed by atoms with Crippen LogP contribution in [0.5, 0.6) is 0 Å². The molecule has 0 aromatic heterocycles. The van der Waals surface area contributed by atoms with Crippen LogP contribution in [0.3, 0.4) is 0 Å². The van der Waals surface area contributed by atoms with Crippen LogP contribution in [-0.4, -0.2) is 23.5 Å². The lowest BCUT2D eigenvalue weighted by molar-refractivity contribution is -0.137. The molecule has 0 saturated carbocycles. The van der Waals surface area contributed by atoms with Gasteiger partial charge in [0.15, 0.2) is 0 Å². The molecule has 1 aromatic carbocycles. The summed E-state index contributed by atoms with van der Waals surface area (Å²) in [5.74, 6) is -1.18. The van der Waals surface area contributed by atoms with Crippen LogP contribution < -0.4 is 5.32 Å². The van der Waals surface area contributed by atoms with Crippen molar-refractivity contribution in [2.75, 3.05) is 6.54 Å². The maximum absolute atomic E-state index is 12.5. The average molecular weight is 299 g/mol. The first-order valence-corrected chi connectivity index (χ1v) is 6.89. The van der Waals surface area contributed by atoms with Gasteiger partial charge in [-0.3, -0.25) is 9.59 Å². The van der Waals surface area contributed by atoms with Gasteiger partial charge < -0.3 is 10.4 Å². The number of alkyl halides is 2. The first-order valence-electron chi connectivity index (χ1n) is 6.89. The van der Waals surface area contributed by atoms with Gasteiger partial charge >= 0.3 is 5.97 Å². The number of benzene rings is 1. The van der Waals surface area contributed by atoms with Crippen LogP contribution in [-0.2, 0) is 4.79 Å². The zero-order valence-corrected chi connectivity index (χ0v) is 11.6. The van der Waals surface area contributed by atoms with E-state index in [0.717, 1.165) is 19.3 Å². The number of nitrogens with one attached hydrogen (secondary N) is 1. The van der Waals surface area contributed by atoms with E-state index in [0.29, 0.717) is 13.0 Å². The number of rotatable bonds is 9. The van der Waals surface area contributed by atoms with E-state index >= 15 is 0 Å². The first-order chi connectivity index (χ1) is 10.0. The molecular weight excluding hydrogens is 280 g/mol. The molecule has 6 heteroatoms. The van der Waals surface area contributed by atoms with Crippen molar-refractivity contribution in [3.63, 3.8) is 0 Å². The van der Waals surface area contributed by atoms with Crippen molar-refractivity contribution in [3.05, 3.63) is 35.4 Å². The Morgan fingerprint density at radius 3 is 2.52 bits per heavy atom. The average Bonchev–Trinajstić information content (AvgIpc) is 2.45. The summed E-state index contributed by atoms with van der Waals surface area (Å²) >= 11 is 0. The SMILES string of the molecule is O=C(O)CCCCCCNC(=O)c1cccc(C(F)F)c1. The number of carboxylic acids is 1. The zero-order valence-electron chi connectivity index (χ0n) is 11.6. The molecule has 4 nitrogen and oxygen atoms in total. The Kier molecular flexibility index (Phi) is 7.36. The maximum Gasteiger partial charge on any atom is 0.303 e. The number of amides is 1. The summed E-state index contributed by atoms with van der Waals surface area (Å²) in [6.45, 7) is 0.449. The second kappa shape index (κ2) is 9.05. The van der Waals surface area contributed by atoms with Gasteiger partial charge in [0.25, 0.3) is 12.3 Å². The molecule has 0 spiro atoms. The van der Waals surface area contributed by atoms with E-state index in [9.17, 15) is 18.4 Å². The standard InChI is InChI=1S/C15H19F2NO3/c16-14(17)11-6-5-7-12(10-11)15(21)18-9-4-2-1-3-8-13(19)20/h5-7,10,14H,1-4,8-9H2,(H,18,21)(H,19,20). The molecule has 0 unspecified atom stereocenters. The molecule has 0 aliphatic heterocycles. The monoisotopic (exact) mass is 299 g/mol. The Morgan fingerprint density at radius 2 is 1.86 bits per heavy atom. The normalized spacial score (nSPS) is 10.6. The van der Waals surface area contributed by atoms with Crippen LogP contribution in [0.2, 0.25) is 0 Å². The van der Waals surface area contributed by atoms with Gasteiger partial charge in [0.2, 0.25) is 0 Å². The third-order valence-corrected chi connectivity index (χ3v) is 3.00. The van der Waals surface area contributed by atoms with Crippen molar-refractivity contribution in [2.24, 2.45) is 0 Å². The Balaban J connectivity index is 2.25. The molecular formula is C15H19F2NO3. The topological polar surface area (TPSA) is 66.4 Å². The van der Waals surface area contributed by atoms with E-state index in [2.05, 4.69) is 5.32 Å². The molecule has 0 aliphatic rings. The summed E-state index contributed by atoms with van der Waals surface area (Å²) in [4.78, 5) is 22.1. The number of carboxylic acid groups (broad SMARTS) is 1. The van der Waals surface area contributed by atoms with Gasteiger partial charge in [-0.25, -0.2) is 8.78 Å². The van der Waals surface area contributed by atoms with Gasteiger partial charge in [-0.05, 0) is 25.0 Å². The Morgan fingerprint density at radius 1 is 1.14 bits per heavy atom. The molecule has 0 aliphatic carbocycles. The van der Waals surface area contributed by atoms with Crippen molar-refractivity contribution >= 4 is 11.9 Å². The first kappa shape index (κ1) is 17.1. The minimum absolute atomic E-state index is 0.160. The fourth-order valence-corrected chi connectivity index (χ4v) is 1.87. The summed E-state index contributed by atoms with van der Waals surface area (Å²) in [7, 11) is 0. The zero-order chi connectivity index (χ0) is 15.7. The Hall–Kier alpha value is -1.98. The maximum atomic E-state index is 12.5. The van der Waals surface area contributed by atoms with Crippen LogP contribution >= 0.6 is 0 Å². The predicted octanol–water partition coefficient (Wildman–Crippen LogP) is 3.39. The quantitative estimate of drug-likeness (QED) is 0.687. The smallest absolute Gasteiger partial charge is 0.303 e. The molecule has 0 fully saturated rings. The lowest BCUT2D eigenvalue weighted by Crippen LogP contribution is -2.24. The third kappa shape index (κ3) is 6.83. The van der Waals surface area contributed by atoms with Gasteiger partial charge in [0.05, 0.1) is 0 Å². The van der Waals surface area contributed by atoms with Crippen LogP contribution in [0.1, 0.15) is 54.5 Å². The number of hydrogen-bond donors (Lipinski definition) is 2. The molecule has 0 radical (unpaired) electrons. The Bertz CT molecular complexity index is 478. The van der Waals surface area contributed by atoms with Crippen molar-refractivity contribution < 1.29 is 23.5 Å². The number of carbonyl (C=O) groups excluding carboxylic acids is 1. The summed E-state index contributed by atoms with van der Waals surface area (Å²) in [5, 5.41) is 11.1. The number of carbonyl (C=O) groups is 2. The molecule has 0 atom stereocenters. The van der Waals surface area contributed by atoms with E-state index in [1.54, 1.807) is 0 Å². The summed E-state index contributed by atoms with van der Waals surface area (Å²) in [6, 6.07) is 5.40. The molecule has 2 N–H and O–H groups in total. The highest BCUT2D eigenvalue weighted by Gasteiger charge is 2.10. The van der Waals surface area contributed by atoms with E-state index in [-0.39, 0.29) is 23.5 Å². The molecule has 0 heterocycles. The molecule has 116 valence electrons. The number of hydrogen-bond acceptors (Lipinski definition) is 2. The molecule has 0 saturated heterocycles. The van der Waals surface area contributed by atoms with E-state index < -0.39 is 12.4 Å². The van der Waals surface area contributed by atoms with Crippen molar-refractivity contribution in [3.8, 4) is 0 Å². The van der Waals surface area contributed by atoms with Crippen molar-refractivity contribution in [1.29, 1.82) is 0 Å². The molecule has 1 rings (SSSR count). The number of aliphatic carboxylic acids is 1. The van der Waals surface area contributed by atoms with Crippen molar-refractivity contribution in [2.45, 2.75) is 38.5 Å². The van der Waals surface area contributed by atoms with E-state index in [4.69, 9.17) is 5.11 Å². The summed E-state index contributed by atoms with van der Waals surface area (Å²) in [6.07, 6.45) is 0.548. The van der Waals surface area contributed by atoms with Crippen LogP contribution in [0.4, 0.5) is 8.78 Å². The van der Waals surface area contributed by atoms with Gasteiger partial charge in [0, 0.05) is 24.1 Å². The second-order valence-electron chi connectivity index (χ2n) is 4.74. The molecule has 1 aromatic rings. The lowest BCUT2D eigenvalue weighted by Gasteiger charge is -2.06. The highest BCUT2D eigenvalue weighted by atomic mass is 19.3. The Labute approximate surface area is 122 Å². The molecule has 0 bridgehead atoms. The minimum atomic E-state index is -2.59. The highest BCUT2D eigenvalue weighted by molar-refractivity contribution is 5.94. The molecule has 1 amide bonds. The number of halogens is 2. The number of unbranched alkanes of at least 4 members (excludes halogenated alkanes) is 3. The molecule has 21 heavy (non-hydrogen) atoms. The van der Waals surface area contributed by atoms with Crippen LogP contribution in [0.25, 0.3) is 0 Å². The summed E-state index contributed by atoms with van der Waals surface area (Å²) < 4.78 is 25.0. The van der Waals surface area contributed by atoms with Crippen molar-refractivity contribution in [1.82, 2.24) is 5.32 Å². The fraction of sp³-hybridized carbons (Fsp3) is 0.467. The van der Waals surface area contributed by atoms with E-state index in [1.807, 2.05) is 0 Å². The van der Waals surface area contributed by atoms with Crippen LogP contribution in [0.15, 0.2) is 24.3 Å². The lowest BCUT2D eigenvalue weighted by atomic mass is 10.1.